The maximum Gasteiger partial charge on any atom is 0.305 e. The Morgan fingerprint density at radius 3 is 2.45 bits per heavy atom. The monoisotopic (exact) mass is 298 g/mol. The van der Waals surface area contributed by atoms with E-state index >= 15 is 0 Å². The van der Waals surface area contributed by atoms with Crippen molar-refractivity contribution in [3.8, 4) is 0 Å². The molecule has 1 fully saturated rings. The first-order valence-corrected chi connectivity index (χ1v) is 7.91. The molecule has 0 radical (unpaired) electrons. The number of hydrogen-bond acceptors (Lipinski definition) is 3. The third kappa shape index (κ3) is 3.94. The maximum atomic E-state index is 12.3. The second-order valence-electron chi connectivity index (χ2n) is 4.95. The minimum atomic E-state index is -3.70. The van der Waals surface area contributed by atoms with Gasteiger partial charge in [0.1, 0.15) is 0 Å². The van der Waals surface area contributed by atoms with Crippen LogP contribution in [-0.4, -0.2) is 32.1 Å². The molecule has 0 aromatic heterocycles. The van der Waals surface area contributed by atoms with Crippen molar-refractivity contribution in [1.29, 1.82) is 0 Å². The van der Waals surface area contributed by atoms with Crippen molar-refractivity contribution in [2.24, 2.45) is 0 Å². The molecule has 0 atom stereocenters. The fourth-order valence-corrected chi connectivity index (χ4v) is 3.29. The lowest BCUT2D eigenvalue weighted by Gasteiger charge is -2.24. The molecule has 0 amide bonds. The van der Waals surface area contributed by atoms with Gasteiger partial charge in [0, 0.05) is 12.6 Å². The van der Waals surface area contributed by atoms with Crippen LogP contribution in [0.5, 0.6) is 0 Å². The van der Waals surface area contributed by atoms with E-state index < -0.39 is 16.2 Å². The Balaban J connectivity index is 2.22. The van der Waals surface area contributed by atoms with E-state index in [2.05, 4.69) is 4.72 Å². The first-order chi connectivity index (χ1) is 9.38. The number of nitrogens with zero attached hydrogens (tertiary/aromatic N) is 1. The molecule has 110 valence electrons. The van der Waals surface area contributed by atoms with Gasteiger partial charge in [0.2, 0.25) is 0 Å². The third-order valence-electron chi connectivity index (χ3n) is 3.03. The van der Waals surface area contributed by atoms with Crippen LogP contribution in [0.25, 0.3) is 0 Å². The van der Waals surface area contributed by atoms with Crippen molar-refractivity contribution >= 4 is 21.9 Å². The van der Waals surface area contributed by atoms with Crippen molar-refractivity contribution in [2.75, 3.05) is 10.8 Å². The molecule has 1 saturated carbocycles. The number of benzene rings is 1. The molecule has 1 aliphatic carbocycles. The Bertz CT molecular complexity index is 579. The lowest BCUT2D eigenvalue weighted by Crippen LogP contribution is -2.42. The molecule has 2 rings (SSSR count). The van der Waals surface area contributed by atoms with Crippen LogP contribution >= 0.6 is 0 Å². The summed E-state index contributed by atoms with van der Waals surface area (Å²) in [7, 11) is -3.70. The highest BCUT2D eigenvalue weighted by Crippen LogP contribution is 2.24. The van der Waals surface area contributed by atoms with Gasteiger partial charge >= 0.3 is 16.2 Å². The van der Waals surface area contributed by atoms with E-state index in [9.17, 15) is 13.2 Å². The van der Waals surface area contributed by atoms with Crippen LogP contribution in [0.3, 0.4) is 0 Å². The summed E-state index contributed by atoms with van der Waals surface area (Å²) in [5.74, 6) is -1.02. The van der Waals surface area contributed by atoms with E-state index in [0.29, 0.717) is 5.69 Å². The van der Waals surface area contributed by atoms with Gasteiger partial charge in [0.15, 0.2) is 0 Å². The SMILES string of the molecule is Cc1ccc(N(CCC(=O)O)S(=O)(=O)NC2CC2)cc1. The first-order valence-electron chi connectivity index (χ1n) is 6.47. The van der Waals surface area contributed by atoms with Crippen LogP contribution in [0.15, 0.2) is 24.3 Å². The molecule has 6 nitrogen and oxygen atoms in total. The van der Waals surface area contributed by atoms with Crippen LogP contribution in [0.4, 0.5) is 5.69 Å². The highest BCUT2D eigenvalue weighted by molar-refractivity contribution is 7.90. The Morgan fingerprint density at radius 1 is 1.35 bits per heavy atom. The predicted octanol–water partition coefficient (Wildman–Crippen LogP) is 1.27. The molecule has 0 saturated heterocycles. The highest BCUT2D eigenvalue weighted by atomic mass is 32.2. The molecule has 0 aliphatic heterocycles. The molecule has 0 unspecified atom stereocenters. The highest BCUT2D eigenvalue weighted by Gasteiger charge is 2.31. The number of carbonyl (C=O) groups is 1. The average molecular weight is 298 g/mol. The van der Waals surface area contributed by atoms with E-state index in [4.69, 9.17) is 5.11 Å². The summed E-state index contributed by atoms with van der Waals surface area (Å²) in [4.78, 5) is 10.7. The second-order valence-corrected chi connectivity index (χ2v) is 6.58. The number of aryl methyl sites for hydroxylation is 1. The fraction of sp³-hybridized carbons (Fsp3) is 0.462. The van der Waals surface area contributed by atoms with Crippen molar-refractivity contribution in [2.45, 2.75) is 32.2 Å². The van der Waals surface area contributed by atoms with Gasteiger partial charge in [0.25, 0.3) is 0 Å². The van der Waals surface area contributed by atoms with Crippen LogP contribution in [0.1, 0.15) is 24.8 Å². The third-order valence-corrected chi connectivity index (χ3v) is 4.64. The van der Waals surface area contributed by atoms with Gasteiger partial charge in [0.05, 0.1) is 12.1 Å². The summed E-state index contributed by atoms with van der Waals surface area (Å²) in [5.41, 5.74) is 1.49. The van der Waals surface area contributed by atoms with Crippen LogP contribution < -0.4 is 9.03 Å². The summed E-state index contributed by atoms with van der Waals surface area (Å²) in [6, 6.07) is 6.95. The van der Waals surface area contributed by atoms with Crippen LogP contribution in [0.2, 0.25) is 0 Å². The number of nitrogens with one attached hydrogen (secondary N) is 1. The zero-order valence-electron chi connectivity index (χ0n) is 11.2. The molecule has 0 spiro atoms. The van der Waals surface area contributed by atoms with Gasteiger partial charge in [-0.15, -0.1) is 0 Å². The van der Waals surface area contributed by atoms with Gasteiger partial charge in [-0.25, -0.2) is 0 Å². The first kappa shape index (κ1) is 14.8. The molecular weight excluding hydrogens is 280 g/mol. The molecule has 0 bridgehead atoms. The predicted molar refractivity (Wildman–Crippen MR) is 75.9 cm³/mol. The zero-order chi connectivity index (χ0) is 14.8. The van der Waals surface area contributed by atoms with Crippen molar-refractivity contribution < 1.29 is 18.3 Å². The topological polar surface area (TPSA) is 86.7 Å². The number of aliphatic carboxylic acids is 1. The Labute approximate surface area is 118 Å². The molecule has 7 heteroatoms. The quantitative estimate of drug-likeness (QED) is 0.793. The minimum absolute atomic E-state index is 0.0159. The smallest absolute Gasteiger partial charge is 0.305 e. The van der Waals surface area contributed by atoms with Gasteiger partial charge in [-0.1, -0.05) is 17.7 Å². The largest absolute Gasteiger partial charge is 0.481 e. The van der Waals surface area contributed by atoms with E-state index in [0.717, 1.165) is 22.7 Å². The molecule has 20 heavy (non-hydrogen) atoms. The van der Waals surface area contributed by atoms with Gasteiger partial charge < -0.3 is 5.11 Å². The number of carboxylic acid groups (broad SMARTS) is 1. The average Bonchev–Trinajstić information content (AvgIpc) is 3.14. The standard InChI is InChI=1S/C13H18N2O4S/c1-10-2-6-12(7-3-10)15(9-8-13(16)17)20(18,19)14-11-4-5-11/h2-3,6-7,11,14H,4-5,8-9H2,1H3,(H,16,17). The van der Waals surface area contributed by atoms with Crippen LogP contribution in [0, 0.1) is 6.92 Å². The number of hydrogen-bond donors (Lipinski definition) is 2. The van der Waals surface area contributed by atoms with Crippen molar-refractivity contribution in [3.63, 3.8) is 0 Å². The molecule has 0 heterocycles. The van der Waals surface area contributed by atoms with Gasteiger partial charge in [-0.2, -0.15) is 13.1 Å². The lowest BCUT2D eigenvalue weighted by atomic mass is 10.2. The summed E-state index contributed by atoms with van der Waals surface area (Å²) >= 11 is 0. The van der Waals surface area contributed by atoms with Crippen LogP contribution in [-0.2, 0) is 15.0 Å². The zero-order valence-corrected chi connectivity index (χ0v) is 12.1. The number of rotatable bonds is 7. The number of anilines is 1. The molecule has 1 aromatic rings. The molecular formula is C13H18N2O4S. The summed E-state index contributed by atoms with van der Waals surface area (Å²) in [6.45, 7) is 1.82. The molecule has 2 N–H and O–H groups in total. The summed E-state index contributed by atoms with van der Waals surface area (Å²) in [5, 5.41) is 8.77. The minimum Gasteiger partial charge on any atom is -0.481 e. The van der Waals surface area contributed by atoms with E-state index in [1.807, 2.05) is 6.92 Å². The normalized spacial score (nSPS) is 15.1. The number of carboxylic acids is 1. The Kier molecular flexibility index (Phi) is 4.29. The Hall–Kier alpha value is -1.60. The fourth-order valence-electron chi connectivity index (χ4n) is 1.77. The van der Waals surface area contributed by atoms with Gasteiger partial charge in [-0.3, -0.25) is 9.10 Å². The maximum absolute atomic E-state index is 12.3. The molecule has 1 aliphatic rings. The lowest BCUT2D eigenvalue weighted by molar-refractivity contribution is -0.136. The van der Waals surface area contributed by atoms with E-state index in [-0.39, 0.29) is 19.0 Å². The van der Waals surface area contributed by atoms with Crippen molar-refractivity contribution in [3.05, 3.63) is 29.8 Å². The van der Waals surface area contributed by atoms with Crippen molar-refractivity contribution in [1.82, 2.24) is 4.72 Å². The molecule has 1 aromatic carbocycles. The second kappa shape index (κ2) is 5.80. The summed E-state index contributed by atoms with van der Waals surface area (Å²) < 4.78 is 28.3. The Morgan fingerprint density at radius 2 is 1.95 bits per heavy atom. The van der Waals surface area contributed by atoms with E-state index in [1.165, 1.54) is 0 Å². The van der Waals surface area contributed by atoms with E-state index in [1.54, 1.807) is 24.3 Å². The van der Waals surface area contributed by atoms with Gasteiger partial charge in [-0.05, 0) is 31.9 Å². The summed E-state index contributed by atoms with van der Waals surface area (Å²) in [6.07, 6.45) is 1.43.